The summed E-state index contributed by atoms with van der Waals surface area (Å²) in [6.07, 6.45) is 17.3. The van der Waals surface area contributed by atoms with Crippen LogP contribution in [0.15, 0.2) is 0 Å². The van der Waals surface area contributed by atoms with E-state index in [1.165, 1.54) is 70.6 Å². The van der Waals surface area contributed by atoms with Gasteiger partial charge >= 0.3 is 5.97 Å². The lowest BCUT2D eigenvalue weighted by molar-refractivity contribution is -0.145. The number of carbonyl (C=O) groups is 1. The van der Waals surface area contributed by atoms with Crippen molar-refractivity contribution in [2.45, 2.75) is 96.8 Å². The Bertz CT molecular complexity index is 696. The van der Waals surface area contributed by atoms with Crippen LogP contribution < -0.4 is 5.73 Å². The molecule has 0 radical (unpaired) electrons. The Hall–Kier alpha value is -1.01. The van der Waals surface area contributed by atoms with Crippen molar-refractivity contribution in [3.63, 3.8) is 0 Å². The highest BCUT2D eigenvalue weighted by Gasteiger charge is 2.03. The van der Waals surface area contributed by atoms with Gasteiger partial charge in [-0.25, -0.2) is 0 Å². The average molecular weight is 784 g/mol. The molecule has 14 heteroatoms. The molecule has 0 aliphatic carbocycles. The zero-order valence-electron chi connectivity index (χ0n) is 34.3. The largest absolute Gasteiger partial charge is 0.463 e. The van der Waals surface area contributed by atoms with Gasteiger partial charge in [-0.15, -0.1) is 0 Å². The van der Waals surface area contributed by atoms with Crippen LogP contribution in [0.2, 0.25) is 0 Å². The molecule has 0 amide bonds. The first-order chi connectivity index (χ1) is 26.8. The van der Waals surface area contributed by atoms with Gasteiger partial charge in [-0.3, -0.25) is 4.79 Å². The van der Waals surface area contributed by atoms with E-state index in [2.05, 4.69) is 6.92 Å². The van der Waals surface area contributed by atoms with Gasteiger partial charge in [0.2, 0.25) is 0 Å². The standard InChI is InChI=1S/C40H81NO13/c1-2-3-4-5-6-7-8-9-10-11-12-13-14-15-40(42)54-39-38-53-37-36-52-35-34-51-33-32-50-31-30-49-29-28-48-27-26-47-25-24-46-23-22-45-21-20-44-19-18-43-17-16-41/h2-39,41H2,1H3. The predicted molar refractivity (Wildman–Crippen MR) is 209 cm³/mol. The Morgan fingerprint density at radius 2 is 0.537 bits per heavy atom. The molecule has 0 aromatic heterocycles. The molecule has 0 unspecified atom stereocenters. The van der Waals surface area contributed by atoms with Crippen LogP contribution in [-0.2, 0) is 61.6 Å². The van der Waals surface area contributed by atoms with Crippen molar-refractivity contribution >= 4 is 5.97 Å². The molecule has 54 heavy (non-hydrogen) atoms. The van der Waals surface area contributed by atoms with Gasteiger partial charge in [0.25, 0.3) is 0 Å². The van der Waals surface area contributed by atoms with E-state index in [4.69, 9.17) is 62.6 Å². The molecule has 0 atom stereocenters. The minimum atomic E-state index is -0.132. The molecule has 324 valence electrons. The highest BCUT2D eigenvalue weighted by Crippen LogP contribution is 2.13. The zero-order chi connectivity index (χ0) is 38.9. The van der Waals surface area contributed by atoms with Gasteiger partial charge < -0.3 is 62.6 Å². The van der Waals surface area contributed by atoms with E-state index >= 15 is 0 Å². The number of unbranched alkanes of at least 4 members (excludes halogenated alkanes) is 12. The summed E-state index contributed by atoms with van der Waals surface area (Å²) in [6, 6.07) is 0. The average Bonchev–Trinajstić information content (AvgIpc) is 3.18. The van der Waals surface area contributed by atoms with Crippen molar-refractivity contribution in [2.75, 3.05) is 159 Å². The van der Waals surface area contributed by atoms with E-state index in [9.17, 15) is 4.79 Å². The van der Waals surface area contributed by atoms with Crippen LogP contribution in [-0.4, -0.2) is 164 Å². The third-order valence-electron chi connectivity index (χ3n) is 7.96. The maximum atomic E-state index is 11.9. The summed E-state index contributed by atoms with van der Waals surface area (Å²) in [6.45, 7) is 14.1. The van der Waals surface area contributed by atoms with Crippen molar-refractivity contribution in [1.29, 1.82) is 0 Å². The Balaban J connectivity index is 3.12. The van der Waals surface area contributed by atoms with E-state index in [0.29, 0.717) is 158 Å². The highest BCUT2D eigenvalue weighted by atomic mass is 16.6. The van der Waals surface area contributed by atoms with E-state index < -0.39 is 0 Å². The molecular formula is C40H81NO13. The number of nitrogens with two attached hydrogens (primary N) is 1. The molecule has 0 saturated heterocycles. The maximum Gasteiger partial charge on any atom is 0.305 e. The monoisotopic (exact) mass is 784 g/mol. The zero-order valence-corrected chi connectivity index (χ0v) is 34.3. The number of rotatable bonds is 49. The lowest BCUT2D eigenvalue weighted by Gasteiger charge is -2.09. The number of hydrogen-bond donors (Lipinski definition) is 1. The summed E-state index contributed by atoms with van der Waals surface area (Å²) in [7, 11) is 0. The number of ether oxygens (including phenoxy) is 12. The van der Waals surface area contributed by atoms with Gasteiger partial charge in [0, 0.05) is 13.0 Å². The van der Waals surface area contributed by atoms with Gasteiger partial charge in [0.05, 0.1) is 145 Å². The summed E-state index contributed by atoms with van der Waals surface area (Å²) in [5.41, 5.74) is 5.34. The lowest BCUT2D eigenvalue weighted by Crippen LogP contribution is -2.16. The second kappa shape index (κ2) is 50.0. The van der Waals surface area contributed by atoms with Gasteiger partial charge in [-0.1, -0.05) is 84.0 Å². The summed E-state index contributed by atoms with van der Waals surface area (Å²) < 4.78 is 65.1. The third kappa shape index (κ3) is 49.0. The lowest BCUT2D eigenvalue weighted by atomic mass is 10.0. The van der Waals surface area contributed by atoms with Gasteiger partial charge in [-0.2, -0.15) is 0 Å². The van der Waals surface area contributed by atoms with E-state index in [-0.39, 0.29) is 12.6 Å². The highest BCUT2D eigenvalue weighted by molar-refractivity contribution is 5.69. The van der Waals surface area contributed by atoms with Crippen molar-refractivity contribution < 1.29 is 61.6 Å². The molecule has 0 aliphatic rings. The quantitative estimate of drug-likeness (QED) is 0.0639. The molecule has 0 spiro atoms. The Kier molecular flexibility index (Phi) is 49.1. The van der Waals surface area contributed by atoms with Crippen LogP contribution >= 0.6 is 0 Å². The first kappa shape index (κ1) is 53.0. The molecule has 0 fully saturated rings. The molecule has 0 aromatic carbocycles. The molecule has 0 saturated carbocycles. The first-order valence-electron chi connectivity index (χ1n) is 21.0. The normalized spacial score (nSPS) is 11.5. The van der Waals surface area contributed by atoms with E-state index in [0.717, 1.165) is 12.8 Å². The molecule has 0 aliphatic heterocycles. The molecule has 0 bridgehead atoms. The summed E-state index contributed by atoms with van der Waals surface area (Å²) in [5.74, 6) is -0.132. The SMILES string of the molecule is CCCCCCCCCCCCCCCC(=O)OCCOCCOCCOCCOCCOCCOCCOCCOCCOCCOCCOCCN. The van der Waals surface area contributed by atoms with Gasteiger partial charge in [-0.05, 0) is 6.42 Å². The first-order valence-corrected chi connectivity index (χ1v) is 21.0. The molecule has 0 aromatic rings. The topological polar surface area (TPSA) is 154 Å². The van der Waals surface area contributed by atoms with Crippen LogP contribution in [0.4, 0.5) is 0 Å². The summed E-state index contributed by atoms with van der Waals surface area (Å²) in [5, 5.41) is 0. The Morgan fingerprint density at radius 1 is 0.315 bits per heavy atom. The van der Waals surface area contributed by atoms with Crippen LogP contribution in [0.25, 0.3) is 0 Å². The fraction of sp³-hybridized carbons (Fsp3) is 0.975. The molecule has 2 N–H and O–H groups in total. The minimum Gasteiger partial charge on any atom is -0.463 e. The van der Waals surface area contributed by atoms with Crippen LogP contribution in [0.3, 0.4) is 0 Å². The second-order valence-electron chi connectivity index (χ2n) is 12.7. The number of carbonyl (C=O) groups excluding carboxylic acids is 1. The predicted octanol–water partition coefficient (Wildman–Crippen LogP) is 5.15. The fourth-order valence-corrected chi connectivity index (χ4v) is 4.96. The minimum absolute atomic E-state index is 0.132. The van der Waals surface area contributed by atoms with Crippen molar-refractivity contribution in [1.82, 2.24) is 0 Å². The third-order valence-corrected chi connectivity index (χ3v) is 7.96. The molecular weight excluding hydrogens is 702 g/mol. The Labute approximate surface area is 328 Å². The molecule has 14 nitrogen and oxygen atoms in total. The van der Waals surface area contributed by atoms with Crippen LogP contribution in [0.5, 0.6) is 0 Å². The molecule has 0 heterocycles. The second-order valence-corrected chi connectivity index (χ2v) is 12.7. The van der Waals surface area contributed by atoms with Crippen LogP contribution in [0.1, 0.15) is 96.8 Å². The summed E-state index contributed by atoms with van der Waals surface area (Å²) >= 11 is 0. The Morgan fingerprint density at radius 3 is 0.796 bits per heavy atom. The van der Waals surface area contributed by atoms with Gasteiger partial charge in [0.1, 0.15) is 6.61 Å². The van der Waals surface area contributed by atoms with Crippen molar-refractivity contribution in [3.8, 4) is 0 Å². The van der Waals surface area contributed by atoms with Crippen molar-refractivity contribution in [3.05, 3.63) is 0 Å². The number of esters is 1. The van der Waals surface area contributed by atoms with Crippen molar-refractivity contribution in [2.24, 2.45) is 5.73 Å². The number of hydrogen-bond acceptors (Lipinski definition) is 14. The van der Waals surface area contributed by atoms with E-state index in [1.54, 1.807) is 0 Å². The smallest absolute Gasteiger partial charge is 0.305 e. The van der Waals surface area contributed by atoms with E-state index in [1.807, 2.05) is 0 Å². The summed E-state index contributed by atoms with van der Waals surface area (Å²) in [4.78, 5) is 11.9. The maximum absolute atomic E-state index is 11.9. The van der Waals surface area contributed by atoms with Gasteiger partial charge in [0.15, 0.2) is 0 Å². The van der Waals surface area contributed by atoms with Crippen LogP contribution in [0, 0.1) is 0 Å². The fourth-order valence-electron chi connectivity index (χ4n) is 4.96. The molecule has 0 rings (SSSR count).